The molecule has 0 bridgehead atoms. The van der Waals surface area contributed by atoms with E-state index in [1.165, 1.54) is 44.3 Å². The smallest absolute Gasteiger partial charge is 0.0336 e. The predicted octanol–water partition coefficient (Wildman–Crippen LogP) is 4.07. The SMILES string of the molecule is CCCCSC1CCC(Cl)CC1. The molecule has 0 amide bonds. The quantitative estimate of drug-likeness (QED) is 0.494. The second-order valence-corrected chi connectivity index (χ2v) is 5.62. The molecule has 1 aliphatic carbocycles. The van der Waals surface area contributed by atoms with Gasteiger partial charge in [-0.2, -0.15) is 11.8 Å². The molecule has 2 heteroatoms. The van der Waals surface area contributed by atoms with Gasteiger partial charge < -0.3 is 0 Å². The molecule has 0 saturated heterocycles. The summed E-state index contributed by atoms with van der Waals surface area (Å²) in [6.45, 7) is 2.26. The molecule has 0 nitrogen and oxygen atoms in total. The van der Waals surface area contributed by atoms with E-state index in [1.807, 2.05) is 0 Å². The van der Waals surface area contributed by atoms with Gasteiger partial charge in [0.05, 0.1) is 0 Å². The molecule has 0 atom stereocenters. The number of unbranched alkanes of at least 4 members (excludes halogenated alkanes) is 1. The standard InChI is InChI=1S/C10H19ClS/c1-2-3-8-12-10-6-4-9(11)5-7-10/h9-10H,2-8H2,1H3. The molecule has 0 heterocycles. The van der Waals surface area contributed by atoms with Crippen molar-refractivity contribution in [3.05, 3.63) is 0 Å². The van der Waals surface area contributed by atoms with Crippen LogP contribution in [-0.4, -0.2) is 16.4 Å². The van der Waals surface area contributed by atoms with Crippen LogP contribution < -0.4 is 0 Å². The summed E-state index contributed by atoms with van der Waals surface area (Å²) in [7, 11) is 0. The van der Waals surface area contributed by atoms with Crippen LogP contribution in [0.15, 0.2) is 0 Å². The number of thioether (sulfide) groups is 1. The lowest BCUT2D eigenvalue weighted by Gasteiger charge is -2.24. The van der Waals surface area contributed by atoms with Crippen LogP contribution in [0.25, 0.3) is 0 Å². The minimum Gasteiger partial charge on any atom is -0.159 e. The lowest BCUT2D eigenvalue weighted by Crippen LogP contribution is -2.16. The van der Waals surface area contributed by atoms with Crippen molar-refractivity contribution in [1.29, 1.82) is 0 Å². The molecule has 0 unspecified atom stereocenters. The topological polar surface area (TPSA) is 0 Å². The summed E-state index contributed by atoms with van der Waals surface area (Å²) in [4.78, 5) is 0. The zero-order valence-corrected chi connectivity index (χ0v) is 9.46. The Morgan fingerprint density at radius 1 is 1.25 bits per heavy atom. The van der Waals surface area contributed by atoms with Gasteiger partial charge in [-0.05, 0) is 37.9 Å². The monoisotopic (exact) mass is 206 g/mol. The number of alkyl halides is 1. The van der Waals surface area contributed by atoms with Crippen LogP contribution in [0.5, 0.6) is 0 Å². The van der Waals surface area contributed by atoms with Crippen LogP contribution in [0, 0.1) is 0 Å². The number of rotatable bonds is 4. The Morgan fingerprint density at radius 2 is 1.92 bits per heavy atom. The fraction of sp³-hybridized carbons (Fsp3) is 1.00. The third kappa shape index (κ3) is 4.04. The van der Waals surface area contributed by atoms with Crippen molar-refractivity contribution in [1.82, 2.24) is 0 Å². The summed E-state index contributed by atoms with van der Waals surface area (Å²) in [5.41, 5.74) is 0. The third-order valence-corrected chi connectivity index (χ3v) is 4.36. The van der Waals surface area contributed by atoms with Crippen molar-refractivity contribution in [2.24, 2.45) is 0 Å². The fourth-order valence-electron chi connectivity index (χ4n) is 1.58. The van der Waals surface area contributed by atoms with E-state index in [2.05, 4.69) is 18.7 Å². The van der Waals surface area contributed by atoms with Gasteiger partial charge in [-0.15, -0.1) is 11.6 Å². The van der Waals surface area contributed by atoms with Crippen LogP contribution in [0.1, 0.15) is 45.4 Å². The van der Waals surface area contributed by atoms with Crippen molar-refractivity contribution in [2.45, 2.75) is 56.1 Å². The number of hydrogen-bond donors (Lipinski definition) is 0. The van der Waals surface area contributed by atoms with E-state index in [-0.39, 0.29) is 0 Å². The van der Waals surface area contributed by atoms with E-state index in [0.29, 0.717) is 5.38 Å². The Labute approximate surface area is 85.4 Å². The van der Waals surface area contributed by atoms with Gasteiger partial charge in [-0.3, -0.25) is 0 Å². The Bertz CT molecular complexity index is 108. The first-order valence-electron chi connectivity index (χ1n) is 5.08. The first kappa shape index (κ1) is 10.7. The largest absolute Gasteiger partial charge is 0.159 e. The summed E-state index contributed by atoms with van der Waals surface area (Å²) in [5, 5.41) is 1.40. The van der Waals surface area contributed by atoms with Crippen LogP contribution in [0.4, 0.5) is 0 Å². The van der Waals surface area contributed by atoms with Gasteiger partial charge in [0, 0.05) is 10.6 Å². The maximum Gasteiger partial charge on any atom is 0.0336 e. The van der Waals surface area contributed by atoms with Crippen molar-refractivity contribution < 1.29 is 0 Å². The molecule has 0 aromatic rings. The summed E-state index contributed by atoms with van der Waals surface area (Å²) < 4.78 is 0. The maximum absolute atomic E-state index is 6.03. The summed E-state index contributed by atoms with van der Waals surface area (Å²) in [6.07, 6.45) is 7.89. The zero-order valence-electron chi connectivity index (χ0n) is 7.89. The molecule has 1 rings (SSSR count). The average Bonchev–Trinajstić information content (AvgIpc) is 2.09. The first-order chi connectivity index (χ1) is 5.83. The van der Waals surface area contributed by atoms with Crippen LogP contribution in [-0.2, 0) is 0 Å². The van der Waals surface area contributed by atoms with E-state index in [0.717, 1.165) is 5.25 Å². The molecule has 12 heavy (non-hydrogen) atoms. The molecule has 0 N–H and O–H groups in total. The Kier molecular flexibility index (Phi) is 5.49. The van der Waals surface area contributed by atoms with Crippen LogP contribution in [0.3, 0.4) is 0 Å². The molecule has 1 fully saturated rings. The van der Waals surface area contributed by atoms with E-state index < -0.39 is 0 Å². The molecule has 0 aromatic carbocycles. The normalized spacial score (nSPS) is 30.5. The lowest BCUT2D eigenvalue weighted by atomic mass is 10.00. The zero-order chi connectivity index (χ0) is 8.81. The van der Waals surface area contributed by atoms with Gasteiger partial charge >= 0.3 is 0 Å². The van der Waals surface area contributed by atoms with Crippen LogP contribution in [0.2, 0.25) is 0 Å². The molecule has 1 saturated carbocycles. The lowest BCUT2D eigenvalue weighted by molar-refractivity contribution is 0.522. The van der Waals surface area contributed by atoms with Crippen LogP contribution >= 0.6 is 23.4 Å². The van der Waals surface area contributed by atoms with E-state index in [9.17, 15) is 0 Å². The Morgan fingerprint density at radius 3 is 2.50 bits per heavy atom. The third-order valence-electron chi connectivity index (χ3n) is 2.46. The highest BCUT2D eigenvalue weighted by Crippen LogP contribution is 2.31. The van der Waals surface area contributed by atoms with Gasteiger partial charge in [-0.25, -0.2) is 0 Å². The van der Waals surface area contributed by atoms with Crippen molar-refractivity contribution in [2.75, 3.05) is 5.75 Å². The predicted molar refractivity (Wildman–Crippen MR) is 59.3 cm³/mol. The molecule has 0 spiro atoms. The minimum atomic E-state index is 0.480. The minimum absolute atomic E-state index is 0.480. The van der Waals surface area contributed by atoms with Crippen molar-refractivity contribution in [3.63, 3.8) is 0 Å². The summed E-state index contributed by atoms with van der Waals surface area (Å²) >= 11 is 8.20. The molecule has 0 aliphatic heterocycles. The molecule has 0 radical (unpaired) electrons. The molecule has 72 valence electrons. The Balaban J connectivity index is 2.01. The molecular weight excluding hydrogens is 188 g/mol. The molecular formula is C10H19ClS. The van der Waals surface area contributed by atoms with Gasteiger partial charge in [-0.1, -0.05) is 13.3 Å². The van der Waals surface area contributed by atoms with Crippen molar-refractivity contribution >= 4 is 23.4 Å². The summed E-state index contributed by atoms with van der Waals surface area (Å²) in [5.74, 6) is 1.36. The highest BCUT2D eigenvalue weighted by Gasteiger charge is 2.18. The maximum atomic E-state index is 6.03. The van der Waals surface area contributed by atoms with E-state index in [4.69, 9.17) is 11.6 Å². The van der Waals surface area contributed by atoms with E-state index in [1.54, 1.807) is 0 Å². The Hall–Kier alpha value is 0.640. The highest BCUT2D eigenvalue weighted by atomic mass is 35.5. The molecule has 0 aromatic heterocycles. The first-order valence-corrected chi connectivity index (χ1v) is 6.57. The van der Waals surface area contributed by atoms with Gasteiger partial charge in [0.1, 0.15) is 0 Å². The number of hydrogen-bond acceptors (Lipinski definition) is 1. The molecule has 1 aliphatic rings. The van der Waals surface area contributed by atoms with Gasteiger partial charge in [0.15, 0.2) is 0 Å². The average molecular weight is 207 g/mol. The highest BCUT2D eigenvalue weighted by molar-refractivity contribution is 7.99. The number of halogens is 1. The van der Waals surface area contributed by atoms with E-state index >= 15 is 0 Å². The van der Waals surface area contributed by atoms with Gasteiger partial charge in [0.25, 0.3) is 0 Å². The van der Waals surface area contributed by atoms with Gasteiger partial charge in [0.2, 0.25) is 0 Å². The second-order valence-electron chi connectivity index (χ2n) is 3.60. The summed E-state index contributed by atoms with van der Waals surface area (Å²) in [6, 6.07) is 0. The fourth-order valence-corrected chi connectivity index (χ4v) is 3.23. The second kappa shape index (κ2) is 6.15. The van der Waals surface area contributed by atoms with Crippen molar-refractivity contribution in [3.8, 4) is 0 Å².